The lowest BCUT2D eigenvalue weighted by Gasteiger charge is -2.06. The fourth-order valence-corrected chi connectivity index (χ4v) is 1.23. The highest BCUT2D eigenvalue weighted by molar-refractivity contribution is 5.44. The lowest BCUT2D eigenvalue weighted by Crippen LogP contribution is -2.01. The Bertz CT molecular complexity index is 525. The summed E-state index contributed by atoms with van der Waals surface area (Å²) < 4.78 is 15.3. The molecule has 0 fully saturated rings. The molecular formula is C11H12N4O3. The van der Waals surface area contributed by atoms with Crippen molar-refractivity contribution >= 4 is 5.69 Å². The highest BCUT2D eigenvalue weighted by atomic mass is 16.5. The monoisotopic (exact) mass is 248 g/mol. The molecule has 1 aromatic heterocycles. The quantitative estimate of drug-likeness (QED) is 0.814. The van der Waals surface area contributed by atoms with Crippen molar-refractivity contribution in [3.63, 3.8) is 0 Å². The van der Waals surface area contributed by atoms with Crippen molar-refractivity contribution in [3.05, 3.63) is 24.3 Å². The number of nitrogens with zero attached hydrogens (tertiary/aromatic N) is 3. The summed E-state index contributed by atoms with van der Waals surface area (Å²) in [4.78, 5) is 11.7. The van der Waals surface area contributed by atoms with Gasteiger partial charge in [-0.15, -0.1) is 15.0 Å². The van der Waals surface area contributed by atoms with Gasteiger partial charge in [-0.2, -0.15) is 0 Å². The predicted octanol–water partition coefficient (Wildman–Crippen LogP) is 1.26. The van der Waals surface area contributed by atoms with Gasteiger partial charge >= 0.3 is 18.0 Å². The molecule has 0 spiro atoms. The van der Waals surface area contributed by atoms with Crippen LogP contribution in [-0.4, -0.2) is 29.2 Å². The summed E-state index contributed by atoms with van der Waals surface area (Å²) >= 11 is 0. The maximum Gasteiger partial charge on any atom is 0.331 e. The van der Waals surface area contributed by atoms with Crippen LogP contribution in [0.4, 0.5) is 5.69 Å². The van der Waals surface area contributed by atoms with Gasteiger partial charge in [-0.3, -0.25) is 0 Å². The minimum Gasteiger partial charge on any atom is -0.467 e. The molecule has 0 saturated carbocycles. The van der Waals surface area contributed by atoms with E-state index in [9.17, 15) is 0 Å². The van der Waals surface area contributed by atoms with Crippen LogP contribution in [0.2, 0.25) is 0 Å². The first-order valence-electron chi connectivity index (χ1n) is 5.08. The fraction of sp³-hybridized carbons (Fsp3) is 0.182. The smallest absolute Gasteiger partial charge is 0.331 e. The Kier molecular flexibility index (Phi) is 3.42. The van der Waals surface area contributed by atoms with Crippen molar-refractivity contribution in [2.24, 2.45) is 0 Å². The van der Waals surface area contributed by atoms with Crippen molar-refractivity contribution in [1.82, 2.24) is 15.0 Å². The van der Waals surface area contributed by atoms with E-state index in [0.717, 1.165) is 0 Å². The molecule has 7 heteroatoms. The molecule has 0 amide bonds. The Morgan fingerprint density at radius 1 is 0.944 bits per heavy atom. The Labute approximate surface area is 104 Å². The van der Waals surface area contributed by atoms with Gasteiger partial charge < -0.3 is 19.9 Å². The van der Waals surface area contributed by atoms with E-state index in [2.05, 4.69) is 15.0 Å². The molecule has 0 aliphatic carbocycles. The second kappa shape index (κ2) is 5.17. The van der Waals surface area contributed by atoms with Crippen molar-refractivity contribution in [1.29, 1.82) is 0 Å². The molecule has 0 aliphatic heterocycles. The second-order valence-electron chi connectivity index (χ2n) is 3.27. The average Bonchev–Trinajstić information content (AvgIpc) is 2.38. The van der Waals surface area contributed by atoms with E-state index < -0.39 is 0 Å². The van der Waals surface area contributed by atoms with Crippen LogP contribution < -0.4 is 19.9 Å². The number of hydrogen-bond donors (Lipinski definition) is 1. The molecule has 0 unspecified atom stereocenters. The van der Waals surface area contributed by atoms with E-state index in [1.54, 1.807) is 24.3 Å². The van der Waals surface area contributed by atoms with Gasteiger partial charge in [0.25, 0.3) is 0 Å². The molecule has 0 radical (unpaired) electrons. The van der Waals surface area contributed by atoms with Crippen LogP contribution in [0.5, 0.6) is 23.8 Å². The summed E-state index contributed by atoms with van der Waals surface area (Å²) in [5.41, 5.74) is 6.23. The van der Waals surface area contributed by atoms with Crippen LogP contribution >= 0.6 is 0 Å². The van der Waals surface area contributed by atoms with Crippen LogP contribution in [0, 0.1) is 0 Å². The van der Waals surface area contributed by atoms with E-state index >= 15 is 0 Å². The first-order valence-corrected chi connectivity index (χ1v) is 5.08. The molecule has 1 aromatic carbocycles. The molecule has 0 aliphatic rings. The predicted molar refractivity (Wildman–Crippen MR) is 63.9 cm³/mol. The van der Waals surface area contributed by atoms with Crippen LogP contribution in [0.15, 0.2) is 24.3 Å². The van der Waals surface area contributed by atoms with E-state index in [4.69, 9.17) is 19.9 Å². The van der Waals surface area contributed by atoms with Crippen LogP contribution in [0.1, 0.15) is 0 Å². The number of ether oxygens (including phenoxy) is 3. The van der Waals surface area contributed by atoms with E-state index in [1.165, 1.54) is 14.2 Å². The largest absolute Gasteiger partial charge is 0.467 e. The molecule has 7 nitrogen and oxygen atoms in total. The second-order valence-corrected chi connectivity index (χ2v) is 3.27. The van der Waals surface area contributed by atoms with Crippen LogP contribution in [0.3, 0.4) is 0 Å². The topological polar surface area (TPSA) is 92.4 Å². The summed E-state index contributed by atoms with van der Waals surface area (Å²) in [5, 5.41) is 0. The van der Waals surface area contributed by atoms with Gasteiger partial charge in [0.05, 0.1) is 14.2 Å². The van der Waals surface area contributed by atoms with Crippen LogP contribution in [0.25, 0.3) is 0 Å². The summed E-state index contributed by atoms with van der Waals surface area (Å²) in [6.45, 7) is 0. The van der Waals surface area contributed by atoms with Gasteiger partial charge in [-0.1, -0.05) is 6.07 Å². The number of rotatable bonds is 4. The van der Waals surface area contributed by atoms with Gasteiger partial charge in [0.15, 0.2) is 0 Å². The zero-order valence-corrected chi connectivity index (χ0v) is 9.95. The molecule has 0 saturated heterocycles. The molecule has 2 N–H and O–H groups in total. The lowest BCUT2D eigenvalue weighted by atomic mass is 10.3. The Hall–Kier alpha value is -2.57. The fourth-order valence-electron chi connectivity index (χ4n) is 1.23. The SMILES string of the molecule is COc1nc(OC)nc(Oc2cccc(N)c2)n1. The number of anilines is 1. The number of nitrogen functional groups attached to an aromatic ring is 1. The van der Waals surface area contributed by atoms with Crippen molar-refractivity contribution < 1.29 is 14.2 Å². The molecule has 0 bridgehead atoms. The third kappa shape index (κ3) is 2.76. The minimum absolute atomic E-state index is 0.0734. The van der Waals surface area contributed by atoms with E-state index in [-0.39, 0.29) is 18.0 Å². The zero-order chi connectivity index (χ0) is 13.0. The number of hydrogen-bond acceptors (Lipinski definition) is 7. The Morgan fingerprint density at radius 3 is 2.11 bits per heavy atom. The summed E-state index contributed by atoms with van der Waals surface area (Å²) in [7, 11) is 2.89. The van der Waals surface area contributed by atoms with Crippen molar-refractivity contribution in [2.75, 3.05) is 20.0 Å². The van der Waals surface area contributed by atoms with E-state index in [1.807, 2.05) is 0 Å². The number of aromatic nitrogens is 3. The van der Waals surface area contributed by atoms with Gasteiger partial charge in [0, 0.05) is 11.8 Å². The first-order chi connectivity index (χ1) is 8.71. The number of benzene rings is 1. The molecular weight excluding hydrogens is 236 g/mol. The third-order valence-corrected chi connectivity index (χ3v) is 2.01. The molecule has 1 heterocycles. The number of methoxy groups -OCH3 is 2. The van der Waals surface area contributed by atoms with Crippen LogP contribution in [-0.2, 0) is 0 Å². The van der Waals surface area contributed by atoms with Crippen molar-refractivity contribution in [3.8, 4) is 23.8 Å². The lowest BCUT2D eigenvalue weighted by molar-refractivity contribution is 0.320. The standard InChI is InChI=1S/C11H12N4O3/c1-16-9-13-10(17-2)15-11(14-9)18-8-5-3-4-7(12)6-8/h3-6H,12H2,1-2H3. The maximum atomic E-state index is 5.64. The number of nitrogens with two attached hydrogens (primary N) is 1. The van der Waals surface area contributed by atoms with E-state index in [0.29, 0.717) is 11.4 Å². The molecule has 94 valence electrons. The molecule has 2 aromatic rings. The maximum absolute atomic E-state index is 5.64. The zero-order valence-electron chi connectivity index (χ0n) is 9.95. The van der Waals surface area contributed by atoms with Gasteiger partial charge in [-0.25, -0.2) is 0 Å². The first kappa shape index (κ1) is 11.9. The molecule has 0 atom stereocenters. The molecule has 2 rings (SSSR count). The Morgan fingerprint density at radius 2 is 1.56 bits per heavy atom. The summed E-state index contributed by atoms with van der Waals surface area (Å²) in [6, 6.07) is 7.20. The summed E-state index contributed by atoms with van der Waals surface area (Å²) in [6.07, 6.45) is 0. The minimum atomic E-state index is 0.0734. The third-order valence-electron chi connectivity index (χ3n) is 2.01. The molecule has 18 heavy (non-hydrogen) atoms. The highest BCUT2D eigenvalue weighted by Gasteiger charge is 2.09. The van der Waals surface area contributed by atoms with Gasteiger partial charge in [-0.05, 0) is 12.1 Å². The Balaban J connectivity index is 2.28. The van der Waals surface area contributed by atoms with Crippen molar-refractivity contribution in [2.45, 2.75) is 0 Å². The average molecular weight is 248 g/mol. The van der Waals surface area contributed by atoms with Gasteiger partial charge in [0.2, 0.25) is 0 Å². The summed E-state index contributed by atoms with van der Waals surface area (Å²) in [5.74, 6) is 0.519. The van der Waals surface area contributed by atoms with Gasteiger partial charge in [0.1, 0.15) is 5.75 Å². The highest BCUT2D eigenvalue weighted by Crippen LogP contribution is 2.22. The normalized spacial score (nSPS) is 9.89.